The highest BCUT2D eigenvalue weighted by Crippen LogP contribution is 2.23. The molecular weight excluding hydrogens is 164 g/mol. The first-order valence-corrected chi connectivity index (χ1v) is 3.95. The predicted molar refractivity (Wildman–Crippen MR) is 41.6 cm³/mol. The number of halogens is 1. The van der Waals surface area contributed by atoms with E-state index in [1.807, 2.05) is 7.05 Å². The van der Waals surface area contributed by atoms with Gasteiger partial charge < -0.3 is 4.74 Å². The van der Waals surface area contributed by atoms with Gasteiger partial charge in [0.1, 0.15) is 5.15 Å². The van der Waals surface area contributed by atoms with Gasteiger partial charge in [0.15, 0.2) is 0 Å². The lowest BCUT2D eigenvalue weighted by atomic mass is 10.2. The monoisotopic (exact) mass is 172 g/mol. The Balaban J connectivity index is 2.50. The molecule has 1 aromatic rings. The average molecular weight is 173 g/mol. The molecule has 0 saturated carbocycles. The molecule has 1 aliphatic rings. The maximum absolute atomic E-state index is 5.95. The van der Waals surface area contributed by atoms with Crippen LogP contribution in [-0.2, 0) is 24.8 Å². The summed E-state index contributed by atoms with van der Waals surface area (Å²) in [6.07, 6.45) is 0.885. The zero-order valence-corrected chi connectivity index (χ0v) is 7.06. The van der Waals surface area contributed by atoms with E-state index in [4.69, 9.17) is 16.3 Å². The second kappa shape index (κ2) is 2.50. The van der Waals surface area contributed by atoms with Crippen LogP contribution < -0.4 is 0 Å². The van der Waals surface area contributed by atoms with Crippen molar-refractivity contribution in [2.24, 2.45) is 7.05 Å². The van der Waals surface area contributed by atoms with Crippen molar-refractivity contribution in [1.82, 2.24) is 9.78 Å². The quantitative estimate of drug-likeness (QED) is 0.587. The van der Waals surface area contributed by atoms with E-state index in [0.717, 1.165) is 24.3 Å². The third-order valence-corrected chi connectivity index (χ3v) is 2.35. The first-order valence-electron chi connectivity index (χ1n) is 3.57. The molecule has 0 radical (unpaired) electrons. The van der Waals surface area contributed by atoms with Crippen molar-refractivity contribution >= 4 is 11.6 Å². The summed E-state index contributed by atoms with van der Waals surface area (Å²) in [7, 11) is 1.85. The summed E-state index contributed by atoms with van der Waals surface area (Å²) >= 11 is 5.95. The molecule has 2 heterocycles. The highest BCUT2D eigenvalue weighted by atomic mass is 35.5. The van der Waals surface area contributed by atoms with Crippen LogP contribution in [0.5, 0.6) is 0 Å². The molecule has 1 aliphatic heterocycles. The van der Waals surface area contributed by atoms with Gasteiger partial charge in [-0.2, -0.15) is 5.10 Å². The maximum atomic E-state index is 5.95. The molecule has 2 rings (SSSR count). The van der Waals surface area contributed by atoms with Crippen molar-refractivity contribution in [1.29, 1.82) is 0 Å². The Morgan fingerprint density at radius 1 is 1.64 bits per heavy atom. The van der Waals surface area contributed by atoms with Gasteiger partial charge in [0, 0.05) is 19.0 Å². The van der Waals surface area contributed by atoms with Gasteiger partial charge in [-0.3, -0.25) is 4.68 Å². The molecule has 0 aromatic carbocycles. The number of hydrogen-bond donors (Lipinski definition) is 0. The highest BCUT2D eigenvalue weighted by Gasteiger charge is 2.17. The van der Waals surface area contributed by atoms with Crippen LogP contribution in [0.3, 0.4) is 0 Å². The lowest BCUT2D eigenvalue weighted by molar-refractivity contribution is 0.110. The minimum atomic E-state index is 0.613. The van der Waals surface area contributed by atoms with E-state index in [-0.39, 0.29) is 0 Å². The van der Waals surface area contributed by atoms with E-state index >= 15 is 0 Å². The Kier molecular flexibility index (Phi) is 1.62. The highest BCUT2D eigenvalue weighted by molar-refractivity contribution is 6.30. The molecule has 0 fully saturated rings. The molecule has 0 saturated heterocycles. The normalized spacial score (nSPS) is 16.5. The largest absolute Gasteiger partial charge is 0.376 e. The van der Waals surface area contributed by atoms with Crippen LogP contribution in [-0.4, -0.2) is 16.4 Å². The summed E-state index contributed by atoms with van der Waals surface area (Å²) < 4.78 is 6.95. The molecule has 11 heavy (non-hydrogen) atoms. The number of nitrogens with zero attached hydrogens (tertiary/aromatic N) is 2. The van der Waals surface area contributed by atoms with Crippen LogP contribution in [0.2, 0.25) is 5.15 Å². The van der Waals surface area contributed by atoms with E-state index in [0.29, 0.717) is 11.8 Å². The second-order valence-electron chi connectivity index (χ2n) is 2.64. The molecule has 0 amide bonds. The van der Waals surface area contributed by atoms with Crippen LogP contribution in [0.25, 0.3) is 0 Å². The molecular formula is C7H9ClN2O. The molecule has 60 valence electrons. The van der Waals surface area contributed by atoms with Crippen molar-refractivity contribution in [3.05, 3.63) is 16.4 Å². The summed E-state index contributed by atoms with van der Waals surface area (Å²) in [5.74, 6) is 0. The molecule has 3 nitrogen and oxygen atoms in total. The fourth-order valence-corrected chi connectivity index (χ4v) is 1.49. The van der Waals surface area contributed by atoms with Crippen molar-refractivity contribution < 1.29 is 4.74 Å². The Bertz CT molecular complexity index is 282. The van der Waals surface area contributed by atoms with E-state index in [1.54, 1.807) is 4.68 Å². The molecule has 0 N–H and O–H groups in total. The summed E-state index contributed by atoms with van der Waals surface area (Å²) in [4.78, 5) is 0. The summed E-state index contributed by atoms with van der Waals surface area (Å²) in [6, 6.07) is 0. The summed E-state index contributed by atoms with van der Waals surface area (Å²) in [5, 5.41) is 4.96. The Morgan fingerprint density at radius 3 is 3.18 bits per heavy atom. The third kappa shape index (κ3) is 1.04. The van der Waals surface area contributed by atoms with Gasteiger partial charge in [0.05, 0.1) is 18.9 Å². The van der Waals surface area contributed by atoms with Crippen LogP contribution in [0.1, 0.15) is 11.3 Å². The standard InChI is InChI=1S/C7H9ClN2O/c1-10-7(8)5-4-11-3-2-6(5)9-10/h2-4H2,1H3. The van der Waals surface area contributed by atoms with Crippen molar-refractivity contribution in [3.8, 4) is 0 Å². The molecule has 1 aromatic heterocycles. The van der Waals surface area contributed by atoms with E-state index in [2.05, 4.69) is 5.10 Å². The van der Waals surface area contributed by atoms with E-state index < -0.39 is 0 Å². The van der Waals surface area contributed by atoms with Gasteiger partial charge in [0.25, 0.3) is 0 Å². The van der Waals surface area contributed by atoms with Gasteiger partial charge in [-0.1, -0.05) is 11.6 Å². The zero-order valence-electron chi connectivity index (χ0n) is 6.30. The summed E-state index contributed by atoms with van der Waals surface area (Å²) in [6.45, 7) is 1.38. The van der Waals surface area contributed by atoms with Crippen LogP contribution in [0, 0.1) is 0 Å². The molecule has 0 atom stereocenters. The Hall–Kier alpha value is -0.540. The van der Waals surface area contributed by atoms with Crippen molar-refractivity contribution in [3.63, 3.8) is 0 Å². The van der Waals surface area contributed by atoms with Crippen molar-refractivity contribution in [2.45, 2.75) is 13.0 Å². The molecule has 0 unspecified atom stereocenters. The summed E-state index contributed by atoms with van der Waals surface area (Å²) in [5.41, 5.74) is 2.14. The third-order valence-electron chi connectivity index (χ3n) is 1.88. The Morgan fingerprint density at radius 2 is 2.45 bits per heavy atom. The lowest BCUT2D eigenvalue weighted by Gasteiger charge is -2.09. The van der Waals surface area contributed by atoms with Gasteiger partial charge in [-0.05, 0) is 0 Å². The maximum Gasteiger partial charge on any atom is 0.132 e. The van der Waals surface area contributed by atoms with Crippen LogP contribution >= 0.6 is 11.6 Å². The van der Waals surface area contributed by atoms with Crippen LogP contribution in [0.15, 0.2) is 0 Å². The lowest BCUT2D eigenvalue weighted by Crippen LogP contribution is -2.08. The van der Waals surface area contributed by atoms with Crippen molar-refractivity contribution in [2.75, 3.05) is 6.61 Å². The molecule has 0 spiro atoms. The topological polar surface area (TPSA) is 27.1 Å². The van der Waals surface area contributed by atoms with E-state index in [1.165, 1.54) is 0 Å². The Labute approximate surface area is 69.9 Å². The molecule has 0 aliphatic carbocycles. The number of hydrogen-bond acceptors (Lipinski definition) is 2. The molecule has 0 bridgehead atoms. The number of aromatic nitrogens is 2. The second-order valence-corrected chi connectivity index (χ2v) is 3.00. The zero-order chi connectivity index (χ0) is 7.84. The van der Waals surface area contributed by atoms with Crippen LogP contribution in [0.4, 0.5) is 0 Å². The number of rotatable bonds is 0. The average Bonchev–Trinajstić information content (AvgIpc) is 2.30. The van der Waals surface area contributed by atoms with Gasteiger partial charge in [-0.15, -0.1) is 0 Å². The number of fused-ring (bicyclic) bond motifs is 1. The van der Waals surface area contributed by atoms with E-state index in [9.17, 15) is 0 Å². The predicted octanol–water partition coefficient (Wildman–Crippen LogP) is 1.15. The first-order chi connectivity index (χ1) is 5.29. The fraction of sp³-hybridized carbons (Fsp3) is 0.571. The minimum Gasteiger partial charge on any atom is -0.376 e. The fourth-order valence-electron chi connectivity index (χ4n) is 1.29. The number of aryl methyl sites for hydroxylation is 1. The SMILES string of the molecule is Cn1nc2c(c1Cl)COCC2. The number of ether oxygens (including phenoxy) is 1. The van der Waals surface area contributed by atoms with Gasteiger partial charge >= 0.3 is 0 Å². The smallest absolute Gasteiger partial charge is 0.132 e. The minimum absolute atomic E-state index is 0.613. The first kappa shape index (κ1) is 7.13. The molecule has 4 heteroatoms. The van der Waals surface area contributed by atoms with Gasteiger partial charge in [0.2, 0.25) is 0 Å². The van der Waals surface area contributed by atoms with Gasteiger partial charge in [-0.25, -0.2) is 0 Å².